The Hall–Kier alpha value is -4.05. The second-order valence-corrected chi connectivity index (χ2v) is 9.68. The smallest absolute Gasteiger partial charge is 0.454 e. The molecular weight excluding hydrogens is 579 g/mol. The monoisotopic (exact) mass is 600 g/mol. The molecule has 1 aliphatic rings. The fourth-order valence-corrected chi connectivity index (χ4v) is 4.60. The molecule has 41 heavy (non-hydrogen) atoms. The van der Waals surface area contributed by atoms with Crippen LogP contribution in [0.2, 0.25) is 5.02 Å². The normalized spacial score (nSPS) is 17.4. The molecule has 1 fully saturated rings. The minimum absolute atomic E-state index is 0.0262. The molecule has 4 aromatic rings. The molecule has 4 aromatic heterocycles. The van der Waals surface area contributed by atoms with Gasteiger partial charge in [0.2, 0.25) is 11.9 Å². The number of fused-ring (bicyclic) bond motifs is 1. The van der Waals surface area contributed by atoms with E-state index >= 15 is 0 Å². The van der Waals surface area contributed by atoms with E-state index in [0.29, 0.717) is 16.5 Å². The fraction of sp³-hybridized carbons (Fsp3) is 0.375. The average Bonchev–Trinajstić information content (AvgIpc) is 3.41. The highest BCUT2D eigenvalue weighted by Crippen LogP contribution is 2.47. The number of anilines is 3. The lowest BCUT2D eigenvalue weighted by molar-refractivity contribution is -0.292. The summed E-state index contributed by atoms with van der Waals surface area (Å²) in [5, 5.41) is 9.33. The first kappa shape index (κ1) is 28.5. The molecule has 1 amide bonds. The Labute approximate surface area is 233 Å². The van der Waals surface area contributed by atoms with Crippen LogP contribution in [-0.4, -0.2) is 54.6 Å². The molecule has 5 rings (SSSR count). The fourth-order valence-electron chi connectivity index (χ4n) is 4.30. The van der Waals surface area contributed by atoms with E-state index in [-0.39, 0.29) is 64.4 Å². The van der Waals surface area contributed by atoms with Crippen LogP contribution in [0.3, 0.4) is 0 Å². The highest BCUT2D eigenvalue weighted by atomic mass is 35.5. The molecule has 17 heteroatoms. The van der Waals surface area contributed by atoms with Crippen LogP contribution in [0.5, 0.6) is 11.5 Å². The van der Waals surface area contributed by atoms with Crippen LogP contribution in [0.15, 0.2) is 30.6 Å². The van der Waals surface area contributed by atoms with Gasteiger partial charge in [-0.2, -0.15) is 32.0 Å². The number of hydrogen-bond donors (Lipinski definition) is 2. The molecule has 11 nitrogen and oxygen atoms in total. The Morgan fingerprint density at radius 1 is 1.15 bits per heavy atom. The molecule has 0 aliphatic heterocycles. The summed E-state index contributed by atoms with van der Waals surface area (Å²) in [5.41, 5.74) is -0.873. The second kappa shape index (κ2) is 10.4. The molecule has 0 saturated heterocycles. The maximum atomic E-state index is 14.5. The molecular formula is C24H22ClF5N8O3. The summed E-state index contributed by atoms with van der Waals surface area (Å²) < 4.78 is 81.8. The summed E-state index contributed by atoms with van der Waals surface area (Å²) in [6.07, 6.45) is -2.90. The van der Waals surface area contributed by atoms with Crippen LogP contribution in [0.4, 0.5) is 39.5 Å². The topological polar surface area (TPSA) is 121 Å². The van der Waals surface area contributed by atoms with E-state index in [9.17, 15) is 26.7 Å². The number of rotatable bonds is 8. The molecule has 0 unspecified atom stereocenters. The van der Waals surface area contributed by atoms with Crippen LogP contribution in [0, 0.1) is 0 Å². The van der Waals surface area contributed by atoms with E-state index in [4.69, 9.17) is 21.1 Å². The minimum Gasteiger partial charge on any atom is -0.454 e. The van der Waals surface area contributed by atoms with Crippen molar-refractivity contribution in [1.29, 1.82) is 0 Å². The number of halogens is 6. The lowest BCUT2D eigenvalue weighted by Crippen LogP contribution is -2.40. The summed E-state index contributed by atoms with van der Waals surface area (Å²) in [6.45, 7) is 1.33. The Bertz CT molecular complexity index is 1620. The molecule has 0 aromatic carbocycles. The number of pyridine rings is 2. The van der Waals surface area contributed by atoms with Crippen LogP contribution >= 0.6 is 11.6 Å². The van der Waals surface area contributed by atoms with Crippen molar-refractivity contribution in [2.24, 2.45) is 7.05 Å². The molecule has 2 N–H and O–H groups in total. The number of carbonyl (C=O) groups excluding carboxylic acids is 1. The van der Waals surface area contributed by atoms with Gasteiger partial charge in [-0.3, -0.25) is 9.48 Å². The number of methoxy groups -OCH3 is 1. The van der Waals surface area contributed by atoms with E-state index < -0.39 is 23.8 Å². The Morgan fingerprint density at radius 2 is 1.88 bits per heavy atom. The molecule has 0 radical (unpaired) electrons. The number of nitrogens with one attached hydrogen (secondary N) is 2. The maximum Gasteiger partial charge on any atom is 0.459 e. The van der Waals surface area contributed by atoms with Crippen molar-refractivity contribution in [3.63, 3.8) is 0 Å². The van der Waals surface area contributed by atoms with Gasteiger partial charge >= 0.3 is 12.1 Å². The van der Waals surface area contributed by atoms with Gasteiger partial charge in [0.05, 0.1) is 18.3 Å². The average molecular weight is 601 g/mol. The summed E-state index contributed by atoms with van der Waals surface area (Å²) >= 11 is 6.58. The van der Waals surface area contributed by atoms with Crippen LogP contribution in [-0.2, 0) is 22.5 Å². The number of amides is 1. The van der Waals surface area contributed by atoms with Crippen molar-refractivity contribution >= 4 is 46.3 Å². The lowest BCUT2D eigenvalue weighted by atomic mass is 9.89. The Kier molecular flexibility index (Phi) is 7.23. The highest BCUT2D eigenvalue weighted by molar-refractivity contribution is 6.36. The summed E-state index contributed by atoms with van der Waals surface area (Å²) in [7, 11) is 2.97. The van der Waals surface area contributed by atoms with Crippen LogP contribution in [0.25, 0.3) is 11.2 Å². The van der Waals surface area contributed by atoms with Gasteiger partial charge < -0.3 is 24.7 Å². The third kappa shape index (κ3) is 5.36. The van der Waals surface area contributed by atoms with Crippen molar-refractivity contribution < 1.29 is 36.2 Å². The van der Waals surface area contributed by atoms with Crippen LogP contribution < -0.4 is 15.4 Å². The van der Waals surface area contributed by atoms with Crippen molar-refractivity contribution in [2.75, 3.05) is 17.7 Å². The number of aromatic nitrogens is 6. The number of nitrogens with zero attached hydrogens (tertiary/aromatic N) is 6. The molecule has 4 heterocycles. The molecule has 0 bridgehead atoms. The zero-order valence-corrected chi connectivity index (χ0v) is 22.4. The molecule has 0 atom stereocenters. The molecule has 1 saturated carbocycles. The van der Waals surface area contributed by atoms with Gasteiger partial charge in [-0.15, -0.1) is 0 Å². The van der Waals surface area contributed by atoms with Gasteiger partial charge in [-0.25, -0.2) is 9.97 Å². The zero-order chi connectivity index (χ0) is 29.7. The predicted molar refractivity (Wildman–Crippen MR) is 137 cm³/mol. The first-order valence-electron chi connectivity index (χ1n) is 12.0. The van der Waals surface area contributed by atoms with Crippen LogP contribution in [0.1, 0.15) is 31.5 Å². The SMILES string of the molecule is COC1CC(n2nc(Nc3nc4ncc(Oc5ccnc(NC(C)=O)c5)c(Cl)c4n3C)cc2C(F)(F)C(F)(F)F)C1. The zero-order valence-electron chi connectivity index (χ0n) is 21.6. The van der Waals surface area contributed by atoms with E-state index in [0.717, 1.165) is 0 Å². The minimum atomic E-state index is -5.82. The quantitative estimate of drug-likeness (QED) is 0.247. The Balaban J connectivity index is 1.45. The van der Waals surface area contributed by atoms with Gasteiger partial charge in [0.1, 0.15) is 27.8 Å². The predicted octanol–water partition coefficient (Wildman–Crippen LogP) is 5.71. The van der Waals surface area contributed by atoms with Crippen molar-refractivity contribution in [2.45, 2.75) is 44.0 Å². The van der Waals surface area contributed by atoms with E-state index in [1.807, 2.05) is 0 Å². The van der Waals surface area contributed by atoms with Gasteiger partial charge in [0, 0.05) is 39.4 Å². The highest BCUT2D eigenvalue weighted by Gasteiger charge is 2.61. The van der Waals surface area contributed by atoms with Gasteiger partial charge in [0.25, 0.3) is 0 Å². The van der Waals surface area contributed by atoms with Crippen molar-refractivity contribution in [1.82, 2.24) is 29.3 Å². The first-order chi connectivity index (χ1) is 19.3. The third-order valence-corrected chi connectivity index (χ3v) is 6.84. The van der Waals surface area contributed by atoms with E-state index in [1.54, 1.807) is 0 Å². The number of hydrogen-bond acceptors (Lipinski definition) is 8. The summed E-state index contributed by atoms with van der Waals surface area (Å²) in [5.74, 6) is -5.05. The number of alkyl halides is 5. The van der Waals surface area contributed by atoms with Crippen molar-refractivity contribution in [3.05, 3.63) is 41.3 Å². The van der Waals surface area contributed by atoms with Gasteiger partial charge in [0.15, 0.2) is 17.2 Å². The second-order valence-electron chi connectivity index (χ2n) is 9.30. The summed E-state index contributed by atoms with van der Waals surface area (Å²) in [4.78, 5) is 23.8. The number of carbonyl (C=O) groups is 1. The molecule has 0 spiro atoms. The summed E-state index contributed by atoms with van der Waals surface area (Å²) in [6, 6.07) is 2.95. The third-order valence-electron chi connectivity index (χ3n) is 6.47. The maximum absolute atomic E-state index is 14.5. The van der Waals surface area contributed by atoms with E-state index in [2.05, 4.69) is 30.7 Å². The number of aryl methyl sites for hydroxylation is 1. The van der Waals surface area contributed by atoms with Gasteiger partial charge in [-0.1, -0.05) is 11.6 Å². The number of ether oxygens (including phenoxy) is 2. The standard InChI is InChI=1S/C24H22ClF5N8O3/c1-11(39)33-17-8-13(4-5-31-17)41-15-10-32-21-20(19(15)25)37(2)22(35-21)34-18-9-16(23(26,27)24(28,29)30)38(36-18)12-6-14(7-12)40-3/h4-5,8-10,12,14H,6-7H2,1-3H3,(H,31,33,39)(H,32,34,35,36). The van der Waals surface area contributed by atoms with Crippen molar-refractivity contribution in [3.8, 4) is 11.5 Å². The molecule has 218 valence electrons. The van der Waals surface area contributed by atoms with Gasteiger partial charge in [-0.05, 0) is 18.9 Å². The first-order valence-corrected chi connectivity index (χ1v) is 12.4. The largest absolute Gasteiger partial charge is 0.459 e. The lowest BCUT2D eigenvalue weighted by Gasteiger charge is -2.36. The van der Waals surface area contributed by atoms with E-state index in [1.165, 1.54) is 50.2 Å². The Morgan fingerprint density at radius 3 is 2.54 bits per heavy atom. The number of imidazole rings is 1. The molecule has 1 aliphatic carbocycles.